The SMILES string of the molecule is Cc1nc2cc(C(=O)O)ccc2n1C1(C(F)(F)F)CC1. The summed E-state index contributed by atoms with van der Waals surface area (Å²) in [5.41, 5.74) is -1.27. The average molecular weight is 284 g/mol. The summed E-state index contributed by atoms with van der Waals surface area (Å²) in [5, 5.41) is 8.91. The summed E-state index contributed by atoms with van der Waals surface area (Å²) in [5.74, 6) is -0.881. The van der Waals surface area contributed by atoms with Gasteiger partial charge in [0.1, 0.15) is 11.4 Å². The predicted molar refractivity (Wildman–Crippen MR) is 64.7 cm³/mol. The Kier molecular flexibility index (Phi) is 2.42. The highest BCUT2D eigenvalue weighted by Crippen LogP contribution is 2.56. The maximum Gasteiger partial charge on any atom is 0.412 e. The van der Waals surface area contributed by atoms with Gasteiger partial charge in [0, 0.05) is 0 Å². The van der Waals surface area contributed by atoms with Crippen LogP contribution >= 0.6 is 0 Å². The first-order chi connectivity index (χ1) is 9.26. The van der Waals surface area contributed by atoms with Crippen LogP contribution in [-0.2, 0) is 5.54 Å². The Morgan fingerprint density at radius 3 is 2.55 bits per heavy atom. The van der Waals surface area contributed by atoms with Crippen molar-refractivity contribution in [2.75, 3.05) is 0 Å². The van der Waals surface area contributed by atoms with Crippen LogP contribution in [0.15, 0.2) is 18.2 Å². The number of nitrogens with zero attached hydrogens (tertiary/aromatic N) is 2. The molecule has 0 aliphatic heterocycles. The number of alkyl halides is 3. The Morgan fingerprint density at radius 2 is 2.05 bits per heavy atom. The maximum atomic E-state index is 13.2. The summed E-state index contributed by atoms with van der Waals surface area (Å²) in [6, 6.07) is 3.99. The Balaban J connectivity index is 2.23. The van der Waals surface area contributed by atoms with Gasteiger partial charge in [-0.3, -0.25) is 0 Å². The fourth-order valence-corrected chi connectivity index (χ4v) is 2.63. The first-order valence-corrected chi connectivity index (χ1v) is 6.06. The largest absolute Gasteiger partial charge is 0.478 e. The highest BCUT2D eigenvalue weighted by Gasteiger charge is 2.65. The van der Waals surface area contributed by atoms with Gasteiger partial charge < -0.3 is 9.67 Å². The number of aromatic nitrogens is 2. The monoisotopic (exact) mass is 284 g/mol. The first kappa shape index (κ1) is 13.0. The van der Waals surface area contributed by atoms with Gasteiger partial charge in [-0.15, -0.1) is 0 Å². The zero-order valence-corrected chi connectivity index (χ0v) is 10.5. The molecule has 1 aromatic heterocycles. The van der Waals surface area contributed by atoms with Crippen molar-refractivity contribution in [2.24, 2.45) is 0 Å². The standard InChI is InChI=1S/C13H11F3N2O2/c1-7-17-9-6-8(11(19)20)2-3-10(9)18(7)12(4-5-12)13(14,15)16/h2-3,6H,4-5H2,1H3,(H,19,20). The second kappa shape index (κ2) is 3.74. The molecule has 0 spiro atoms. The van der Waals surface area contributed by atoms with Crippen LogP contribution in [0, 0.1) is 6.92 Å². The molecule has 106 valence electrons. The molecule has 3 rings (SSSR count). The number of aromatic carboxylic acids is 1. The number of carbonyl (C=O) groups is 1. The van der Waals surface area contributed by atoms with Crippen molar-refractivity contribution in [3.8, 4) is 0 Å². The van der Waals surface area contributed by atoms with E-state index in [0.717, 1.165) is 0 Å². The van der Waals surface area contributed by atoms with Gasteiger partial charge in [-0.25, -0.2) is 9.78 Å². The van der Waals surface area contributed by atoms with Crippen molar-refractivity contribution < 1.29 is 23.1 Å². The van der Waals surface area contributed by atoms with E-state index in [0.29, 0.717) is 5.52 Å². The second-order valence-electron chi connectivity index (χ2n) is 5.03. The lowest BCUT2D eigenvalue weighted by Crippen LogP contribution is -2.35. The number of hydrogen-bond acceptors (Lipinski definition) is 2. The lowest BCUT2D eigenvalue weighted by atomic mass is 10.2. The molecule has 0 saturated heterocycles. The third-order valence-corrected chi connectivity index (χ3v) is 3.75. The first-order valence-electron chi connectivity index (χ1n) is 6.06. The zero-order valence-electron chi connectivity index (χ0n) is 10.5. The fraction of sp³-hybridized carbons (Fsp3) is 0.385. The summed E-state index contributed by atoms with van der Waals surface area (Å²) in [6.07, 6.45) is -4.27. The second-order valence-corrected chi connectivity index (χ2v) is 5.03. The molecule has 7 heteroatoms. The molecule has 0 amide bonds. The van der Waals surface area contributed by atoms with Crippen LogP contribution in [0.2, 0.25) is 0 Å². The van der Waals surface area contributed by atoms with Gasteiger partial charge in [0.05, 0.1) is 16.6 Å². The van der Waals surface area contributed by atoms with E-state index < -0.39 is 17.7 Å². The van der Waals surface area contributed by atoms with E-state index in [1.165, 1.54) is 29.7 Å². The number of carboxylic acid groups (broad SMARTS) is 1. The molecule has 1 heterocycles. The maximum absolute atomic E-state index is 13.2. The molecular formula is C13H11F3N2O2. The van der Waals surface area contributed by atoms with Crippen molar-refractivity contribution in [3.05, 3.63) is 29.6 Å². The molecule has 1 aliphatic carbocycles. The van der Waals surface area contributed by atoms with Gasteiger partial charge in [0.15, 0.2) is 0 Å². The van der Waals surface area contributed by atoms with Gasteiger partial charge in [-0.2, -0.15) is 13.2 Å². The van der Waals surface area contributed by atoms with E-state index in [9.17, 15) is 18.0 Å². The number of halogens is 3. The number of benzene rings is 1. The molecule has 0 bridgehead atoms. The van der Waals surface area contributed by atoms with Crippen molar-refractivity contribution in [3.63, 3.8) is 0 Å². The highest BCUT2D eigenvalue weighted by molar-refractivity contribution is 5.92. The zero-order chi connectivity index (χ0) is 14.7. The molecule has 0 radical (unpaired) electrons. The van der Waals surface area contributed by atoms with Crippen molar-refractivity contribution in [2.45, 2.75) is 31.5 Å². The summed E-state index contributed by atoms with van der Waals surface area (Å²) >= 11 is 0. The topological polar surface area (TPSA) is 55.1 Å². The molecule has 2 aromatic rings. The molecule has 1 N–H and O–H groups in total. The van der Waals surface area contributed by atoms with E-state index in [2.05, 4.69) is 4.98 Å². The van der Waals surface area contributed by atoms with Crippen molar-refractivity contribution >= 4 is 17.0 Å². The van der Waals surface area contributed by atoms with Crippen LogP contribution < -0.4 is 0 Å². The Morgan fingerprint density at radius 1 is 1.40 bits per heavy atom. The Hall–Kier alpha value is -2.05. The van der Waals surface area contributed by atoms with E-state index in [1.807, 2.05) is 0 Å². The Bertz CT molecular complexity index is 714. The van der Waals surface area contributed by atoms with E-state index in [1.54, 1.807) is 0 Å². The molecule has 1 fully saturated rings. The fourth-order valence-electron chi connectivity index (χ4n) is 2.63. The van der Waals surface area contributed by atoms with Crippen LogP contribution in [-0.4, -0.2) is 26.8 Å². The summed E-state index contributed by atoms with van der Waals surface area (Å²) < 4.78 is 40.9. The number of imidazole rings is 1. The predicted octanol–water partition coefficient (Wildman–Crippen LogP) is 3.09. The average Bonchev–Trinajstić information content (AvgIpc) is 3.06. The van der Waals surface area contributed by atoms with Gasteiger partial charge in [-0.1, -0.05) is 0 Å². The van der Waals surface area contributed by atoms with E-state index in [-0.39, 0.29) is 29.7 Å². The van der Waals surface area contributed by atoms with Crippen LogP contribution in [0.3, 0.4) is 0 Å². The smallest absolute Gasteiger partial charge is 0.412 e. The van der Waals surface area contributed by atoms with Crippen molar-refractivity contribution in [1.82, 2.24) is 9.55 Å². The minimum atomic E-state index is -4.34. The molecule has 20 heavy (non-hydrogen) atoms. The number of fused-ring (bicyclic) bond motifs is 1. The number of aryl methyl sites for hydroxylation is 1. The molecule has 4 nitrogen and oxygen atoms in total. The molecular weight excluding hydrogens is 273 g/mol. The number of carboxylic acids is 1. The molecule has 0 atom stereocenters. The van der Waals surface area contributed by atoms with Gasteiger partial charge in [-0.05, 0) is 38.0 Å². The van der Waals surface area contributed by atoms with Crippen LogP contribution in [0.25, 0.3) is 11.0 Å². The van der Waals surface area contributed by atoms with E-state index in [4.69, 9.17) is 5.11 Å². The molecule has 1 aliphatic rings. The minimum Gasteiger partial charge on any atom is -0.478 e. The lowest BCUT2D eigenvalue weighted by molar-refractivity contribution is -0.179. The third-order valence-electron chi connectivity index (χ3n) is 3.75. The number of hydrogen-bond donors (Lipinski definition) is 1. The summed E-state index contributed by atoms with van der Waals surface area (Å²) in [6.45, 7) is 1.51. The molecule has 1 aromatic carbocycles. The molecule has 0 unspecified atom stereocenters. The highest BCUT2D eigenvalue weighted by atomic mass is 19.4. The number of rotatable bonds is 2. The summed E-state index contributed by atoms with van der Waals surface area (Å²) in [7, 11) is 0. The van der Waals surface area contributed by atoms with Crippen molar-refractivity contribution in [1.29, 1.82) is 0 Å². The van der Waals surface area contributed by atoms with Crippen LogP contribution in [0.5, 0.6) is 0 Å². The van der Waals surface area contributed by atoms with E-state index >= 15 is 0 Å². The summed E-state index contributed by atoms with van der Waals surface area (Å²) in [4.78, 5) is 15.0. The van der Waals surface area contributed by atoms with Gasteiger partial charge in [0.2, 0.25) is 0 Å². The Labute approximate surface area is 111 Å². The van der Waals surface area contributed by atoms with Gasteiger partial charge >= 0.3 is 12.1 Å². The normalized spacial score (nSPS) is 17.4. The quantitative estimate of drug-likeness (QED) is 0.922. The minimum absolute atomic E-state index is 0.0130. The van der Waals surface area contributed by atoms with Crippen LogP contribution in [0.4, 0.5) is 13.2 Å². The van der Waals surface area contributed by atoms with Gasteiger partial charge in [0.25, 0.3) is 0 Å². The van der Waals surface area contributed by atoms with Crippen LogP contribution in [0.1, 0.15) is 29.0 Å². The third kappa shape index (κ3) is 1.62. The lowest BCUT2D eigenvalue weighted by Gasteiger charge is -2.23. The molecule has 1 saturated carbocycles.